The number of hydrogen-bond acceptors (Lipinski definition) is 8. The van der Waals surface area contributed by atoms with E-state index in [0.29, 0.717) is 56.1 Å². The third kappa shape index (κ3) is 9.41. The molecule has 0 aliphatic carbocycles. The number of hydrogen-bond donors (Lipinski definition) is 2. The second-order valence-electron chi connectivity index (χ2n) is 11.6. The number of piperazine rings is 1. The highest BCUT2D eigenvalue weighted by atomic mass is 32.2. The molecule has 45 heavy (non-hydrogen) atoms. The van der Waals surface area contributed by atoms with Crippen molar-refractivity contribution in [3.8, 4) is 11.8 Å². The van der Waals surface area contributed by atoms with Crippen LogP contribution >= 0.6 is 0 Å². The molecule has 238 valence electrons. The number of carbonyl (C=O) groups is 3. The van der Waals surface area contributed by atoms with Crippen molar-refractivity contribution in [2.24, 2.45) is 7.05 Å². The van der Waals surface area contributed by atoms with Gasteiger partial charge in [-0.25, -0.2) is 18.0 Å². The summed E-state index contributed by atoms with van der Waals surface area (Å²) in [4.78, 5) is 40.3. The summed E-state index contributed by atoms with van der Waals surface area (Å²) in [7, 11) is -2.19. The topological polar surface area (TPSA) is 151 Å². The smallest absolute Gasteiger partial charge is 0.410 e. The minimum atomic E-state index is -3.88. The number of aryl methyl sites for hydroxylation is 1. The van der Waals surface area contributed by atoms with Gasteiger partial charge in [-0.3, -0.25) is 14.4 Å². The molecule has 1 aromatic heterocycles. The fourth-order valence-corrected chi connectivity index (χ4v) is 6.02. The zero-order valence-corrected chi connectivity index (χ0v) is 26.6. The monoisotopic (exact) mass is 635 g/mol. The normalized spacial score (nSPS) is 13.9. The molecule has 0 atom stereocenters. The molecule has 2 amide bonds. The molecule has 4 rings (SSSR count). The summed E-state index contributed by atoms with van der Waals surface area (Å²) in [6.45, 7) is 9.07. The molecule has 1 aliphatic rings. The standard InChI is InChI=1S/C32H37N5O7S/c1-32(2,3)44-31(41)37-19-17-36(18-20-37)16-14-33-29(38)24-8-5-23(6-9-24)7-10-25-21-26(30(39)40)11-12-28(25)45(42,43)22-27-13-15-35(4)34-27/h5-6,8-9,11-13,15,21H,14,16-20,22H2,1-4H3,(H,33,38)(H,39,40). The van der Waals surface area contributed by atoms with Crippen molar-refractivity contribution in [2.75, 3.05) is 39.3 Å². The first-order valence-corrected chi connectivity index (χ1v) is 16.0. The van der Waals surface area contributed by atoms with Gasteiger partial charge in [-0.1, -0.05) is 11.8 Å². The molecule has 0 radical (unpaired) electrons. The Labute approximate surface area is 262 Å². The number of ether oxygens (including phenoxy) is 1. The fourth-order valence-electron chi connectivity index (χ4n) is 4.60. The largest absolute Gasteiger partial charge is 0.478 e. The number of benzene rings is 2. The highest BCUT2D eigenvalue weighted by molar-refractivity contribution is 7.90. The van der Waals surface area contributed by atoms with Gasteiger partial charge in [0, 0.05) is 69.2 Å². The van der Waals surface area contributed by atoms with Crippen molar-refractivity contribution in [3.63, 3.8) is 0 Å². The van der Waals surface area contributed by atoms with Gasteiger partial charge in [-0.05, 0) is 69.3 Å². The van der Waals surface area contributed by atoms with Crippen LogP contribution in [0.25, 0.3) is 0 Å². The Morgan fingerprint density at radius 2 is 1.64 bits per heavy atom. The molecule has 1 fully saturated rings. The summed E-state index contributed by atoms with van der Waals surface area (Å²) in [5.41, 5.74) is 0.732. The zero-order chi connectivity index (χ0) is 32.8. The van der Waals surface area contributed by atoms with Gasteiger partial charge in [0.1, 0.15) is 5.60 Å². The highest BCUT2D eigenvalue weighted by Gasteiger charge is 2.26. The third-order valence-corrected chi connectivity index (χ3v) is 8.60. The van der Waals surface area contributed by atoms with Crippen LogP contribution < -0.4 is 5.32 Å². The van der Waals surface area contributed by atoms with Crippen LogP contribution in [0, 0.1) is 11.8 Å². The second-order valence-corrected chi connectivity index (χ2v) is 13.6. The average molecular weight is 636 g/mol. The van der Waals surface area contributed by atoms with Crippen LogP contribution in [0.15, 0.2) is 59.6 Å². The van der Waals surface area contributed by atoms with Crippen LogP contribution in [-0.2, 0) is 27.4 Å². The Kier molecular flexibility index (Phi) is 10.3. The molecular weight excluding hydrogens is 598 g/mol. The summed E-state index contributed by atoms with van der Waals surface area (Å²) in [6.07, 6.45) is 1.32. The van der Waals surface area contributed by atoms with E-state index in [-0.39, 0.29) is 33.8 Å². The second kappa shape index (κ2) is 14.0. The molecule has 0 unspecified atom stereocenters. The number of sulfone groups is 1. The van der Waals surface area contributed by atoms with E-state index < -0.39 is 21.4 Å². The van der Waals surface area contributed by atoms with E-state index >= 15 is 0 Å². The van der Waals surface area contributed by atoms with Crippen molar-refractivity contribution in [3.05, 3.63) is 82.7 Å². The maximum absolute atomic E-state index is 13.2. The number of carboxylic acids is 1. The van der Waals surface area contributed by atoms with Gasteiger partial charge in [0.15, 0.2) is 9.84 Å². The van der Waals surface area contributed by atoms with Gasteiger partial charge in [0.25, 0.3) is 5.91 Å². The average Bonchev–Trinajstić information content (AvgIpc) is 3.38. The summed E-state index contributed by atoms with van der Waals surface area (Å²) in [5.74, 6) is 3.87. The third-order valence-electron chi connectivity index (χ3n) is 6.89. The van der Waals surface area contributed by atoms with E-state index in [2.05, 4.69) is 27.2 Å². The van der Waals surface area contributed by atoms with E-state index in [1.165, 1.54) is 22.9 Å². The molecule has 0 spiro atoms. The summed E-state index contributed by atoms with van der Waals surface area (Å²) >= 11 is 0. The Bertz CT molecular complexity index is 1720. The number of aromatic carboxylic acids is 1. The first kappa shape index (κ1) is 33.2. The summed E-state index contributed by atoms with van der Waals surface area (Å²) < 4.78 is 33.3. The van der Waals surface area contributed by atoms with E-state index in [0.717, 1.165) is 0 Å². The van der Waals surface area contributed by atoms with Crippen molar-refractivity contribution in [2.45, 2.75) is 37.0 Å². The van der Waals surface area contributed by atoms with Gasteiger partial charge >= 0.3 is 12.1 Å². The molecule has 2 aromatic carbocycles. The van der Waals surface area contributed by atoms with Gasteiger partial charge in [-0.2, -0.15) is 5.10 Å². The minimum absolute atomic E-state index is 0.0552. The number of nitrogens with one attached hydrogen (secondary N) is 1. The maximum atomic E-state index is 13.2. The lowest BCUT2D eigenvalue weighted by Crippen LogP contribution is -2.51. The number of rotatable bonds is 8. The first-order valence-electron chi connectivity index (χ1n) is 14.4. The Balaban J connectivity index is 1.35. The summed E-state index contributed by atoms with van der Waals surface area (Å²) in [5, 5.41) is 16.5. The predicted molar refractivity (Wildman–Crippen MR) is 167 cm³/mol. The summed E-state index contributed by atoms with van der Waals surface area (Å²) in [6, 6.07) is 11.8. The van der Waals surface area contributed by atoms with Crippen molar-refractivity contribution in [1.82, 2.24) is 24.9 Å². The highest BCUT2D eigenvalue weighted by Crippen LogP contribution is 2.22. The van der Waals surface area contributed by atoms with Crippen LogP contribution in [0.2, 0.25) is 0 Å². The van der Waals surface area contributed by atoms with Gasteiger partial charge in [0.2, 0.25) is 0 Å². The van der Waals surface area contributed by atoms with Crippen LogP contribution in [0.1, 0.15) is 58.3 Å². The van der Waals surface area contributed by atoms with E-state index in [1.54, 1.807) is 48.5 Å². The molecule has 1 aliphatic heterocycles. The van der Waals surface area contributed by atoms with Crippen molar-refractivity contribution < 1.29 is 32.6 Å². The number of carbonyl (C=O) groups excluding carboxylic acids is 2. The molecule has 13 heteroatoms. The first-order chi connectivity index (χ1) is 21.2. The molecule has 2 heterocycles. The predicted octanol–water partition coefficient (Wildman–Crippen LogP) is 2.77. The quantitative estimate of drug-likeness (QED) is 0.356. The zero-order valence-electron chi connectivity index (χ0n) is 25.7. The molecule has 1 saturated heterocycles. The molecule has 3 aromatic rings. The Morgan fingerprint density at radius 3 is 2.24 bits per heavy atom. The van der Waals surface area contributed by atoms with Crippen molar-refractivity contribution in [1.29, 1.82) is 0 Å². The van der Waals surface area contributed by atoms with Crippen LogP contribution in [0.3, 0.4) is 0 Å². The van der Waals surface area contributed by atoms with E-state index in [9.17, 15) is 27.9 Å². The maximum Gasteiger partial charge on any atom is 0.410 e. The van der Waals surface area contributed by atoms with Crippen LogP contribution in [0.4, 0.5) is 4.79 Å². The lowest BCUT2D eigenvalue weighted by molar-refractivity contribution is 0.0146. The fraction of sp³-hybridized carbons (Fsp3) is 0.375. The van der Waals surface area contributed by atoms with Gasteiger partial charge in [-0.15, -0.1) is 0 Å². The van der Waals surface area contributed by atoms with E-state index in [4.69, 9.17) is 4.74 Å². The van der Waals surface area contributed by atoms with Crippen LogP contribution in [-0.4, -0.2) is 95.9 Å². The number of aromatic nitrogens is 2. The molecular formula is C32H37N5O7S. The Morgan fingerprint density at radius 1 is 0.978 bits per heavy atom. The molecule has 12 nitrogen and oxygen atoms in total. The number of nitrogens with zero attached hydrogens (tertiary/aromatic N) is 4. The Hall–Kier alpha value is -4.67. The lowest BCUT2D eigenvalue weighted by atomic mass is 10.1. The van der Waals surface area contributed by atoms with Gasteiger partial charge in [0.05, 0.1) is 21.9 Å². The molecule has 2 N–H and O–H groups in total. The van der Waals surface area contributed by atoms with Crippen LogP contribution in [0.5, 0.6) is 0 Å². The van der Waals surface area contributed by atoms with E-state index in [1.807, 2.05) is 20.8 Å². The molecule has 0 bridgehead atoms. The number of carboxylic acid groups (broad SMARTS) is 1. The van der Waals surface area contributed by atoms with Gasteiger partial charge < -0.3 is 20.1 Å². The molecule has 0 saturated carbocycles. The minimum Gasteiger partial charge on any atom is -0.478 e. The van der Waals surface area contributed by atoms with Crippen molar-refractivity contribution >= 4 is 27.8 Å². The number of amides is 2. The lowest BCUT2D eigenvalue weighted by Gasteiger charge is -2.35. The SMILES string of the molecule is Cn1ccc(CS(=O)(=O)c2ccc(C(=O)O)cc2C#Cc2ccc(C(=O)NCCN3CCN(C(=O)OC(C)(C)C)CC3)cc2)n1.